The van der Waals surface area contributed by atoms with Crippen molar-refractivity contribution < 1.29 is 19.7 Å². The zero-order valence-corrected chi connectivity index (χ0v) is 24.9. The van der Waals surface area contributed by atoms with Gasteiger partial charge >= 0.3 is 6.09 Å². The molecule has 2 aliphatic rings. The Labute approximate surface area is 259 Å². The van der Waals surface area contributed by atoms with Gasteiger partial charge in [-0.15, -0.1) is 0 Å². The maximum absolute atomic E-state index is 14.3. The van der Waals surface area contributed by atoms with Gasteiger partial charge in [0.2, 0.25) is 0 Å². The van der Waals surface area contributed by atoms with Crippen LogP contribution in [0, 0.1) is 5.92 Å². The van der Waals surface area contributed by atoms with Gasteiger partial charge in [-0.3, -0.25) is 4.79 Å². The first-order chi connectivity index (χ1) is 22.0. The van der Waals surface area contributed by atoms with Crippen molar-refractivity contribution in [3.63, 3.8) is 0 Å². The van der Waals surface area contributed by atoms with E-state index < -0.39 is 6.09 Å². The number of carboxylic acid groups (broad SMARTS) is 1. The second kappa shape index (κ2) is 12.2. The number of piperidine rings is 1. The summed E-state index contributed by atoms with van der Waals surface area (Å²) in [7, 11) is 0. The predicted molar refractivity (Wildman–Crippen MR) is 174 cm³/mol. The number of hydrogen-bond donors (Lipinski definition) is 4. The number of aromatic amines is 1. The summed E-state index contributed by atoms with van der Waals surface area (Å²) in [6, 6.07) is 21.3. The summed E-state index contributed by atoms with van der Waals surface area (Å²) >= 11 is 0. The van der Waals surface area contributed by atoms with Crippen LogP contribution in [0.15, 0.2) is 71.5 Å². The van der Waals surface area contributed by atoms with Gasteiger partial charge in [-0.25, -0.2) is 9.78 Å². The first kappa shape index (κ1) is 28.7. The second-order valence-electron chi connectivity index (χ2n) is 11.8. The molecule has 1 atom stereocenters. The van der Waals surface area contributed by atoms with Crippen molar-refractivity contribution in [1.29, 1.82) is 0 Å². The molecule has 2 aromatic heterocycles. The lowest BCUT2D eigenvalue weighted by Crippen LogP contribution is -2.41. The monoisotopic (exact) mass is 608 g/mol. The summed E-state index contributed by atoms with van der Waals surface area (Å²) in [6.07, 6.45) is 0.808. The number of benzene rings is 3. The van der Waals surface area contributed by atoms with Crippen LogP contribution >= 0.6 is 0 Å². The third-order valence-electron chi connectivity index (χ3n) is 8.90. The van der Waals surface area contributed by atoms with Crippen molar-refractivity contribution >= 4 is 39.4 Å². The van der Waals surface area contributed by atoms with Crippen molar-refractivity contribution in [2.45, 2.75) is 19.4 Å². The minimum atomic E-state index is -0.903. The van der Waals surface area contributed by atoms with Crippen LogP contribution in [0.25, 0.3) is 33.3 Å². The van der Waals surface area contributed by atoms with Crippen molar-refractivity contribution in [2.75, 3.05) is 56.2 Å². The zero-order valence-electron chi connectivity index (χ0n) is 24.9. The first-order valence-electron chi connectivity index (χ1n) is 15.4. The number of ether oxygens (including phenoxy) is 1. The molecule has 3 aromatic carbocycles. The molecule has 4 N–H and O–H groups in total. The van der Waals surface area contributed by atoms with Crippen molar-refractivity contribution in [3.8, 4) is 17.1 Å². The molecule has 11 heteroatoms. The lowest BCUT2D eigenvalue weighted by atomic mass is 9.98. The highest BCUT2D eigenvalue weighted by molar-refractivity contribution is 6.01. The van der Waals surface area contributed by atoms with Gasteiger partial charge in [0.15, 0.2) is 0 Å². The fourth-order valence-electron chi connectivity index (χ4n) is 6.56. The molecule has 7 rings (SSSR count). The number of nitrogens with zero attached hydrogens (tertiary/aromatic N) is 4. The number of pyridine rings is 1. The average Bonchev–Trinajstić information content (AvgIpc) is 3.49. The molecule has 0 spiro atoms. The van der Waals surface area contributed by atoms with Crippen LogP contribution in [0.5, 0.6) is 5.75 Å². The maximum Gasteiger partial charge on any atom is 0.407 e. The normalized spacial score (nSPS) is 17.2. The molecular weight excluding hydrogens is 572 g/mol. The predicted octanol–water partition coefficient (Wildman–Crippen LogP) is 4.94. The van der Waals surface area contributed by atoms with Crippen LogP contribution in [0.3, 0.4) is 0 Å². The van der Waals surface area contributed by atoms with Crippen LogP contribution in [-0.2, 0) is 11.3 Å². The van der Waals surface area contributed by atoms with E-state index in [1.807, 2.05) is 66.7 Å². The maximum atomic E-state index is 14.3. The van der Waals surface area contributed by atoms with E-state index in [9.17, 15) is 19.8 Å². The largest absolute Gasteiger partial charge is 0.506 e. The van der Waals surface area contributed by atoms with E-state index in [-0.39, 0.29) is 22.8 Å². The Morgan fingerprint density at radius 3 is 2.67 bits per heavy atom. The molecule has 4 heterocycles. The van der Waals surface area contributed by atoms with Crippen LogP contribution < -0.4 is 15.8 Å². The Kier molecular flexibility index (Phi) is 7.76. The van der Waals surface area contributed by atoms with Gasteiger partial charge in [-0.1, -0.05) is 36.4 Å². The number of hydrogen-bond acceptors (Lipinski definition) is 7. The molecular formula is C34H36N6O5. The van der Waals surface area contributed by atoms with Gasteiger partial charge in [-0.2, -0.15) is 0 Å². The average molecular weight is 609 g/mol. The number of imidazole rings is 1. The molecule has 0 bridgehead atoms. The van der Waals surface area contributed by atoms with E-state index in [1.165, 1.54) is 4.90 Å². The summed E-state index contributed by atoms with van der Waals surface area (Å²) in [5.41, 5.74) is 4.48. The molecule has 2 saturated heterocycles. The number of aromatic nitrogens is 3. The van der Waals surface area contributed by atoms with Crippen LogP contribution in [0.1, 0.15) is 18.4 Å². The van der Waals surface area contributed by atoms with Crippen LogP contribution in [0.2, 0.25) is 0 Å². The molecule has 2 aliphatic heterocycles. The second-order valence-corrected chi connectivity index (χ2v) is 11.8. The highest BCUT2D eigenvalue weighted by Gasteiger charge is 2.26. The minimum Gasteiger partial charge on any atom is -0.506 e. The first-order valence-corrected chi connectivity index (χ1v) is 15.4. The highest BCUT2D eigenvalue weighted by Crippen LogP contribution is 2.38. The summed E-state index contributed by atoms with van der Waals surface area (Å²) < 4.78 is 7.19. The third kappa shape index (κ3) is 5.66. The van der Waals surface area contributed by atoms with E-state index >= 15 is 0 Å². The number of rotatable bonds is 7. The Hall–Kier alpha value is -5.03. The number of likely N-dealkylation sites (tertiary alicyclic amines) is 1. The fraction of sp³-hybridized carbons (Fsp3) is 0.324. The van der Waals surface area contributed by atoms with E-state index in [0.717, 1.165) is 42.7 Å². The number of fused-ring (bicyclic) bond motifs is 2. The lowest BCUT2D eigenvalue weighted by molar-refractivity contribution is 0.122. The highest BCUT2D eigenvalue weighted by atomic mass is 16.5. The van der Waals surface area contributed by atoms with E-state index in [2.05, 4.69) is 15.2 Å². The van der Waals surface area contributed by atoms with Gasteiger partial charge in [0.05, 0.1) is 41.7 Å². The molecule has 232 valence electrons. The third-order valence-corrected chi connectivity index (χ3v) is 8.90. The molecule has 0 saturated carbocycles. The number of nitrogens with one attached hydrogen (secondary N) is 2. The number of morpholine rings is 1. The summed E-state index contributed by atoms with van der Waals surface area (Å²) in [5, 5.41) is 25.4. The Morgan fingerprint density at radius 2 is 1.87 bits per heavy atom. The minimum absolute atomic E-state index is 0.103. The summed E-state index contributed by atoms with van der Waals surface area (Å²) in [6.45, 7) is 4.78. The van der Waals surface area contributed by atoms with Crippen molar-refractivity contribution in [2.24, 2.45) is 5.92 Å². The number of amides is 1. The Bertz CT molecular complexity index is 1910. The standard InChI is InChI=1S/C34H36N6O5/c41-31-29-26(35-19-23-8-5-13-39(20-23)34(43)44)9-4-10-28(29)40(21-22-6-2-1-3-7-22)33(42)30(31)32-36-25-12-11-24(18-27(25)37-32)38-14-16-45-17-15-38/h1-4,6-7,9-12,18,23,35,41H,5,8,13-17,19-21H2,(H,36,37)(H,43,44). The summed E-state index contributed by atoms with van der Waals surface area (Å²) in [4.78, 5) is 37.6. The molecule has 1 unspecified atom stereocenters. The molecule has 45 heavy (non-hydrogen) atoms. The molecule has 0 radical (unpaired) electrons. The van der Waals surface area contributed by atoms with Gasteiger partial charge < -0.3 is 39.6 Å². The van der Waals surface area contributed by atoms with Gasteiger partial charge in [0.25, 0.3) is 5.56 Å². The topological polar surface area (TPSA) is 136 Å². The molecule has 0 aliphatic carbocycles. The van der Waals surface area contributed by atoms with Gasteiger partial charge in [0, 0.05) is 44.1 Å². The van der Waals surface area contributed by atoms with E-state index in [4.69, 9.17) is 9.72 Å². The molecule has 1 amide bonds. The van der Waals surface area contributed by atoms with Crippen molar-refractivity contribution in [3.05, 3.63) is 82.6 Å². The SMILES string of the molecule is O=C(O)N1CCCC(CNc2cccc3c2c(O)c(-c2nc4ccc(N5CCOCC5)cc4[nH]2)c(=O)n3Cc2ccccc2)C1. The Morgan fingerprint density at radius 1 is 1.04 bits per heavy atom. The summed E-state index contributed by atoms with van der Waals surface area (Å²) in [5.74, 6) is 0.276. The smallest absolute Gasteiger partial charge is 0.407 e. The van der Waals surface area contributed by atoms with E-state index in [1.54, 1.807) is 4.57 Å². The number of aromatic hydroxyl groups is 1. The lowest BCUT2D eigenvalue weighted by Gasteiger charge is -2.31. The van der Waals surface area contributed by atoms with Gasteiger partial charge in [0.1, 0.15) is 17.1 Å². The molecule has 2 fully saturated rings. The van der Waals surface area contributed by atoms with Crippen LogP contribution in [-0.4, -0.2) is 81.7 Å². The van der Waals surface area contributed by atoms with Gasteiger partial charge in [-0.05, 0) is 54.7 Å². The molecule has 11 nitrogen and oxygen atoms in total. The zero-order chi connectivity index (χ0) is 30.9. The molecule has 5 aromatic rings. The number of anilines is 2. The van der Waals surface area contributed by atoms with E-state index in [0.29, 0.717) is 67.3 Å². The van der Waals surface area contributed by atoms with Crippen molar-refractivity contribution in [1.82, 2.24) is 19.4 Å². The number of H-pyrrole nitrogens is 1. The van der Waals surface area contributed by atoms with Crippen LogP contribution in [0.4, 0.5) is 16.2 Å². The Balaban J connectivity index is 1.32. The fourth-order valence-corrected chi connectivity index (χ4v) is 6.56. The quantitative estimate of drug-likeness (QED) is 0.204. The number of carbonyl (C=O) groups is 1.